The Hall–Kier alpha value is -2.17. The highest BCUT2D eigenvalue weighted by atomic mass is 79.9. The number of nitrogens with one attached hydrogen (secondary N) is 2. The lowest BCUT2D eigenvalue weighted by Gasteiger charge is -2.23. The lowest BCUT2D eigenvalue weighted by atomic mass is 9.98. The van der Waals surface area contributed by atoms with Gasteiger partial charge in [0, 0.05) is 15.6 Å². The van der Waals surface area contributed by atoms with Gasteiger partial charge in [0.25, 0.3) is 5.91 Å². The van der Waals surface area contributed by atoms with E-state index in [2.05, 4.69) is 77.8 Å². The number of likely N-dealkylation sites (N-methyl/N-ethyl adjacent to an activating group) is 1. The third kappa shape index (κ3) is 4.09. The number of halogens is 1. The number of fused-ring (bicyclic) bond motifs is 1. The van der Waals surface area contributed by atoms with Crippen molar-refractivity contribution in [1.29, 1.82) is 0 Å². The minimum absolute atomic E-state index is 0.0483. The molecule has 0 unspecified atom stereocenters. The molecule has 0 aromatic heterocycles. The third-order valence-electron chi connectivity index (χ3n) is 4.45. The molecule has 1 atom stereocenters. The van der Waals surface area contributed by atoms with Crippen LogP contribution in [0, 0.1) is 0 Å². The van der Waals surface area contributed by atoms with E-state index >= 15 is 0 Å². The van der Waals surface area contributed by atoms with Crippen molar-refractivity contribution in [2.45, 2.75) is 6.04 Å². The van der Waals surface area contributed by atoms with Gasteiger partial charge in [-0.15, -0.1) is 0 Å². The Morgan fingerprint density at radius 3 is 2.52 bits per heavy atom. The molecule has 0 aliphatic rings. The lowest BCUT2D eigenvalue weighted by molar-refractivity contribution is -0.890. The monoisotopic (exact) mass is 397 g/mol. The molecule has 0 aliphatic heterocycles. The summed E-state index contributed by atoms with van der Waals surface area (Å²) >= 11 is 3.41. The fraction of sp³-hybridized carbons (Fsp3) is 0.190. The van der Waals surface area contributed by atoms with Crippen molar-refractivity contribution in [1.82, 2.24) is 5.32 Å². The second-order valence-electron chi connectivity index (χ2n) is 6.42. The maximum atomic E-state index is 12.5. The van der Waals surface area contributed by atoms with Gasteiger partial charge in [-0.3, -0.25) is 4.79 Å². The number of quaternary nitrogens is 1. The molecule has 25 heavy (non-hydrogen) atoms. The Kier molecular flexibility index (Phi) is 5.51. The largest absolute Gasteiger partial charge is 0.346 e. The zero-order chi connectivity index (χ0) is 17.8. The fourth-order valence-electron chi connectivity index (χ4n) is 3.11. The second kappa shape index (κ2) is 7.81. The van der Waals surface area contributed by atoms with E-state index in [0.717, 1.165) is 4.47 Å². The summed E-state index contributed by atoms with van der Waals surface area (Å²) in [6, 6.07) is 22.4. The van der Waals surface area contributed by atoms with Crippen molar-refractivity contribution in [2.75, 3.05) is 20.6 Å². The number of benzene rings is 3. The number of hydrogen-bond acceptors (Lipinski definition) is 1. The molecule has 0 spiro atoms. The first-order valence-corrected chi connectivity index (χ1v) is 9.17. The highest BCUT2D eigenvalue weighted by Crippen LogP contribution is 2.22. The van der Waals surface area contributed by atoms with Crippen LogP contribution in [0.2, 0.25) is 0 Å². The van der Waals surface area contributed by atoms with Gasteiger partial charge in [-0.05, 0) is 29.0 Å². The SMILES string of the molecule is C[NH+](C)[C@@H](CNC(=O)c1cccc(Br)c1)c1cccc2ccccc12. The van der Waals surface area contributed by atoms with E-state index in [0.29, 0.717) is 12.1 Å². The van der Waals surface area contributed by atoms with E-state index in [1.54, 1.807) is 0 Å². The molecule has 3 aromatic rings. The van der Waals surface area contributed by atoms with E-state index in [1.165, 1.54) is 21.2 Å². The average molecular weight is 398 g/mol. The van der Waals surface area contributed by atoms with Crippen molar-refractivity contribution in [3.05, 3.63) is 82.3 Å². The van der Waals surface area contributed by atoms with Gasteiger partial charge in [0.15, 0.2) is 0 Å². The van der Waals surface area contributed by atoms with E-state index in [-0.39, 0.29) is 11.9 Å². The molecule has 0 fully saturated rings. The summed E-state index contributed by atoms with van der Waals surface area (Å²) in [5.41, 5.74) is 1.92. The maximum absolute atomic E-state index is 12.5. The van der Waals surface area contributed by atoms with Gasteiger partial charge in [-0.1, -0.05) is 64.5 Å². The molecule has 0 heterocycles. The normalized spacial score (nSPS) is 12.3. The molecule has 3 rings (SSSR count). The maximum Gasteiger partial charge on any atom is 0.251 e. The number of carbonyl (C=O) groups is 1. The zero-order valence-electron chi connectivity index (χ0n) is 14.4. The summed E-state index contributed by atoms with van der Waals surface area (Å²) in [6.07, 6.45) is 0. The lowest BCUT2D eigenvalue weighted by Crippen LogP contribution is -3.07. The molecule has 0 saturated heterocycles. The van der Waals surface area contributed by atoms with Crippen LogP contribution < -0.4 is 10.2 Å². The highest BCUT2D eigenvalue weighted by Gasteiger charge is 2.21. The van der Waals surface area contributed by atoms with Crippen LogP contribution in [0.15, 0.2) is 71.2 Å². The van der Waals surface area contributed by atoms with E-state index < -0.39 is 0 Å². The zero-order valence-corrected chi connectivity index (χ0v) is 16.0. The van der Waals surface area contributed by atoms with Crippen LogP contribution in [0.4, 0.5) is 0 Å². The minimum Gasteiger partial charge on any atom is -0.346 e. The van der Waals surface area contributed by atoms with Crippen molar-refractivity contribution in [3.8, 4) is 0 Å². The molecule has 0 radical (unpaired) electrons. The van der Waals surface area contributed by atoms with E-state index in [4.69, 9.17) is 0 Å². The van der Waals surface area contributed by atoms with Gasteiger partial charge in [-0.2, -0.15) is 0 Å². The average Bonchev–Trinajstić information content (AvgIpc) is 2.61. The summed E-state index contributed by atoms with van der Waals surface area (Å²) < 4.78 is 0.906. The number of amides is 1. The third-order valence-corrected chi connectivity index (χ3v) is 4.94. The molecule has 3 nitrogen and oxygen atoms in total. The fourth-order valence-corrected chi connectivity index (χ4v) is 3.51. The first-order chi connectivity index (χ1) is 12.1. The predicted molar refractivity (Wildman–Crippen MR) is 106 cm³/mol. The molecule has 3 aromatic carbocycles. The van der Waals surface area contributed by atoms with Gasteiger partial charge in [0.1, 0.15) is 6.04 Å². The Labute approximate surface area is 156 Å². The Morgan fingerprint density at radius 1 is 1.04 bits per heavy atom. The van der Waals surface area contributed by atoms with Crippen LogP contribution in [0.25, 0.3) is 10.8 Å². The van der Waals surface area contributed by atoms with Crippen molar-refractivity contribution >= 4 is 32.6 Å². The Balaban J connectivity index is 1.83. The number of rotatable bonds is 5. The first kappa shape index (κ1) is 17.6. The molecule has 4 heteroatoms. The minimum atomic E-state index is -0.0483. The van der Waals surface area contributed by atoms with E-state index in [1.807, 2.05) is 24.3 Å². The molecular formula is C21H22BrN2O+. The quantitative estimate of drug-likeness (QED) is 0.680. The molecule has 128 valence electrons. The molecule has 2 N–H and O–H groups in total. The summed E-state index contributed by atoms with van der Waals surface area (Å²) in [6.45, 7) is 0.585. The second-order valence-corrected chi connectivity index (χ2v) is 7.33. The number of hydrogen-bond donors (Lipinski definition) is 2. The smallest absolute Gasteiger partial charge is 0.251 e. The van der Waals surface area contributed by atoms with Crippen LogP contribution in [-0.4, -0.2) is 26.5 Å². The Morgan fingerprint density at radius 2 is 1.76 bits per heavy atom. The number of carbonyl (C=O) groups excluding carboxylic acids is 1. The topological polar surface area (TPSA) is 33.5 Å². The molecule has 0 aliphatic carbocycles. The molecule has 0 bridgehead atoms. The van der Waals surface area contributed by atoms with Crippen molar-refractivity contribution < 1.29 is 9.69 Å². The first-order valence-electron chi connectivity index (χ1n) is 8.37. The summed E-state index contributed by atoms with van der Waals surface area (Å²) in [7, 11) is 4.25. The highest BCUT2D eigenvalue weighted by molar-refractivity contribution is 9.10. The van der Waals surface area contributed by atoms with Crippen LogP contribution in [-0.2, 0) is 0 Å². The van der Waals surface area contributed by atoms with Crippen LogP contribution in [0.5, 0.6) is 0 Å². The summed E-state index contributed by atoms with van der Waals surface area (Å²) in [5, 5.41) is 5.56. The van der Waals surface area contributed by atoms with Crippen LogP contribution in [0.3, 0.4) is 0 Å². The summed E-state index contributed by atoms with van der Waals surface area (Å²) in [5.74, 6) is -0.0483. The molecular weight excluding hydrogens is 376 g/mol. The van der Waals surface area contributed by atoms with Gasteiger partial charge in [0.05, 0.1) is 20.6 Å². The van der Waals surface area contributed by atoms with Crippen LogP contribution >= 0.6 is 15.9 Å². The van der Waals surface area contributed by atoms with Crippen molar-refractivity contribution in [2.24, 2.45) is 0 Å². The Bertz CT molecular complexity index is 886. The van der Waals surface area contributed by atoms with Gasteiger partial charge in [0.2, 0.25) is 0 Å². The van der Waals surface area contributed by atoms with Gasteiger partial charge >= 0.3 is 0 Å². The molecule has 0 saturated carbocycles. The van der Waals surface area contributed by atoms with Crippen molar-refractivity contribution in [3.63, 3.8) is 0 Å². The predicted octanol–water partition coefficient (Wildman–Crippen LogP) is 3.22. The summed E-state index contributed by atoms with van der Waals surface area (Å²) in [4.78, 5) is 13.8. The van der Waals surface area contributed by atoms with Gasteiger partial charge in [-0.25, -0.2) is 0 Å². The standard InChI is InChI=1S/C21H21BrN2O/c1-24(2)20(14-23-21(25)16-9-5-10-17(22)13-16)19-12-6-8-15-7-3-4-11-18(15)19/h3-13,20H,14H2,1-2H3,(H,23,25)/p+1/t20-/m0/s1. The molecule has 1 amide bonds. The van der Waals surface area contributed by atoms with E-state index in [9.17, 15) is 4.79 Å². The van der Waals surface area contributed by atoms with Crippen LogP contribution in [0.1, 0.15) is 22.0 Å². The van der Waals surface area contributed by atoms with Gasteiger partial charge < -0.3 is 10.2 Å².